The molecule has 6 heteroatoms. The predicted octanol–water partition coefficient (Wildman–Crippen LogP) is 2.30. The maximum absolute atomic E-state index is 12.0. The Labute approximate surface area is 125 Å². The van der Waals surface area contributed by atoms with Crippen molar-refractivity contribution in [3.05, 3.63) is 0 Å². The topological polar surface area (TPSA) is 67.4 Å². The molecule has 5 nitrogen and oxygen atoms in total. The Morgan fingerprint density at radius 2 is 2.05 bits per heavy atom. The molecule has 1 saturated heterocycles. The number of carbonyl (C=O) groups is 2. The van der Waals surface area contributed by atoms with E-state index in [1.54, 1.807) is 27.7 Å². The van der Waals surface area contributed by atoms with E-state index in [0.717, 1.165) is 12.2 Å². The van der Waals surface area contributed by atoms with Crippen LogP contribution in [-0.2, 0) is 9.53 Å². The molecule has 2 amide bonds. The number of ether oxygens (including phenoxy) is 1. The lowest BCUT2D eigenvalue weighted by Crippen LogP contribution is -2.48. The van der Waals surface area contributed by atoms with Crippen LogP contribution in [0, 0.1) is 0 Å². The van der Waals surface area contributed by atoms with Crippen LogP contribution in [0.25, 0.3) is 0 Å². The normalized spacial score (nSPS) is 24.1. The van der Waals surface area contributed by atoms with Gasteiger partial charge in [0.15, 0.2) is 0 Å². The molecule has 0 bridgehead atoms. The molecule has 116 valence electrons. The van der Waals surface area contributed by atoms with Gasteiger partial charge in [-0.1, -0.05) is 0 Å². The molecule has 0 radical (unpaired) electrons. The van der Waals surface area contributed by atoms with E-state index >= 15 is 0 Å². The Morgan fingerprint density at radius 3 is 2.55 bits per heavy atom. The third-order valence-corrected chi connectivity index (χ3v) is 4.60. The zero-order chi connectivity index (χ0) is 15.4. The highest BCUT2D eigenvalue weighted by Gasteiger charge is 2.30. The van der Waals surface area contributed by atoms with E-state index in [9.17, 15) is 9.59 Å². The van der Waals surface area contributed by atoms with Gasteiger partial charge < -0.3 is 15.4 Å². The van der Waals surface area contributed by atoms with Gasteiger partial charge in [-0.15, -0.1) is 0 Å². The highest BCUT2D eigenvalue weighted by Crippen LogP contribution is 2.36. The highest BCUT2D eigenvalue weighted by molar-refractivity contribution is 8.00. The van der Waals surface area contributed by atoms with Crippen molar-refractivity contribution in [2.75, 3.05) is 12.3 Å². The molecule has 1 rings (SSSR count). The van der Waals surface area contributed by atoms with Crippen molar-refractivity contribution < 1.29 is 14.3 Å². The molecule has 0 aromatic carbocycles. The number of carbonyl (C=O) groups excluding carboxylic acids is 2. The SMILES string of the molecule is CC(NC(=O)OC(C)(C)C)C(=O)NCC1(C)CCCS1. The van der Waals surface area contributed by atoms with Crippen LogP contribution in [0.3, 0.4) is 0 Å². The average molecular weight is 302 g/mol. The number of hydrogen-bond acceptors (Lipinski definition) is 4. The van der Waals surface area contributed by atoms with Gasteiger partial charge in [0.05, 0.1) is 0 Å². The summed E-state index contributed by atoms with van der Waals surface area (Å²) in [6.45, 7) is 9.82. The van der Waals surface area contributed by atoms with Crippen LogP contribution in [0.2, 0.25) is 0 Å². The zero-order valence-electron chi connectivity index (χ0n) is 13.0. The average Bonchev–Trinajstić information content (AvgIpc) is 2.71. The maximum Gasteiger partial charge on any atom is 0.408 e. The first-order valence-corrected chi connectivity index (χ1v) is 8.01. The lowest BCUT2D eigenvalue weighted by molar-refractivity contribution is -0.122. The minimum Gasteiger partial charge on any atom is -0.444 e. The smallest absolute Gasteiger partial charge is 0.408 e. The number of hydrogen-bond donors (Lipinski definition) is 2. The number of alkyl carbamates (subject to hydrolysis) is 1. The molecule has 0 aromatic heterocycles. The van der Waals surface area contributed by atoms with Crippen molar-refractivity contribution in [1.29, 1.82) is 0 Å². The van der Waals surface area contributed by atoms with Crippen LogP contribution in [0.5, 0.6) is 0 Å². The van der Waals surface area contributed by atoms with Crippen LogP contribution < -0.4 is 10.6 Å². The van der Waals surface area contributed by atoms with Gasteiger partial charge in [0.2, 0.25) is 5.91 Å². The second kappa shape index (κ2) is 6.70. The predicted molar refractivity (Wildman–Crippen MR) is 81.9 cm³/mol. The molecule has 1 fully saturated rings. The van der Waals surface area contributed by atoms with Gasteiger partial charge in [0, 0.05) is 11.3 Å². The fraction of sp³-hybridized carbons (Fsp3) is 0.857. The van der Waals surface area contributed by atoms with Crippen LogP contribution in [0.15, 0.2) is 0 Å². The number of nitrogens with one attached hydrogen (secondary N) is 2. The van der Waals surface area contributed by atoms with Gasteiger partial charge in [-0.2, -0.15) is 11.8 Å². The Bertz CT molecular complexity index is 360. The molecule has 0 aliphatic carbocycles. The summed E-state index contributed by atoms with van der Waals surface area (Å²) in [5.41, 5.74) is -0.561. The van der Waals surface area contributed by atoms with Crippen molar-refractivity contribution in [2.24, 2.45) is 0 Å². The molecule has 1 aliphatic heterocycles. The number of rotatable bonds is 4. The van der Waals surface area contributed by atoms with E-state index in [1.165, 1.54) is 6.42 Å². The molecule has 2 unspecified atom stereocenters. The lowest BCUT2D eigenvalue weighted by atomic mass is 10.1. The minimum atomic E-state index is -0.597. The molecule has 20 heavy (non-hydrogen) atoms. The second-order valence-electron chi connectivity index (χ2n) is 6.49. The summed E-state index contributed by atoms with van der Waals surface area (Å²) >= 11 is 1.89. The lowest BCUT2D eigenvalue weighted by Gasteiger charge is -2.25. The van der Waals surface area contributed by atoms with Crippen LogP contribution in [0.1, 0.15) is 47.5 Å². The summed E-state index contributed by atoms with van der Waals surface area (Å²) in [6.07, 6.45) is 1.75. The molecule has 1 heterocycles. The van der Waals surface area contributed by atoms with E-state index in [0.29, 0.717) is 6.54 Å². The Morgan fingerprint density at radius 1 is 1.40 bits per heavy atom. The summed E-state index contributed by atoms with van der Waals surface area (Å²) in [5.74, 6) is 0.975. The summed E-state index contributed by atoms with van der Waals surface area (Å²) in [6, 6.07) is -0.597. The fourth-order valence-corrected chi connectivity index (χ4v) is 3.20. The molecular formula is C14H26N2O3S. The Kier molecular flexibility index (Phi) is 5.74. The van der Waals surface area contributed by atoms with E-state index in [-0.39, 0.29) is 10.7 Å². The van der Waals surface area contributed by atoms with Crippen LogP contribution >= 0.6 is 11.8 Å². The zero-order valence-corrected chi connectivity index (χ0v) is 13.9. The largest absolute Gasteiger partial charge is 0.444 e. The van der Waals surface area contributed by atoms with Crippen molar-refractivity contribution in [3.8, 4) is 0 Å². The van der Waals surface area contributed by atoms with Crippen LogP contribution in [-0.4, -0.2) is 40.7 Å². The van der Waals surface area contributed by atoms with Crippen LogP contribution in [0.4, 0.5) is 4.79 Å². The molecule has 2 atom stereocenters. The summed E-state index contributed by atoms with van der Waals surface area (Å²) in [5, 5.41) is 5.45. The third kappa shape index (κ3) is 6.03. The van der Waals surface area contributed by atoms with E-state index in [2.05, 4.69) is 17.6 Å². The summed E-state index contributed by atoms with van der Waals surface area (Å²) in [7, 11) is 0. The molecule has 0 aromatic rings. The van der Waals surface area contributed by atoms with Gasteiger partial charge in [-0.3, -0.25) is 4.79 Å². The maximum atomic E-state index is 12.0. The van der Waals surface area contributed by atoms with Gasteiger partial charge in [0.25, 0.3) is 0 Å². The van der Waals surface area contributed by atoms with Crippen molar-refractivity contribution in [1.82, 2.24) is 10.6 Å². The molecule has 0 saturated carbocycles. The fourth-order valence-electron chi connectivity index (χ4n) is 1.95. The van der Waals surface area contributed by atoms with E-state index in [4.69, 9.17) is 4.74 Å². The molecule has 1 aliphatic rings. The minimum absolute atomic E-state index is 0.126. The van der Waals surface area contributed by atoms with Gasteiger partial charge >= 0.3 is 6.09 Å². The Balaban J connectivity index is 2.33. The van der Waals surface area contributed by atoms with Crippen molar-refractivity contribution in [2.45, 2.75) is 63.9 Å². The van der Waals surface area contributed by atoms with Crippen molar-refractivity contribution in [3.63, 3.8) is 0 Å². The van der Waals surface area contributed by atoms with Crippen molar-refractivity contribution >= 4 is 23.8 Å². The summed E-state index contributed by atoms with van der Waals surface area (Å²) < 4.78 is 5.25. The summed E-state index contributed by atoms with van der Waals surface area (Å²) in [4.78, 5) is 23.5. The van der Waals surface area contributed by atoms with Gasteiger partial charge in [-0.05, 0) is 53.2 Å². The molecule has 0 spiro atoms. The van der Waals surface area contributed by atoms with Gasteiger partial charge in [0.1, 0.15) is 11.6 Å². The second-order valence-corrected chi connectivity index (χ2v) is 8.17. The highest BCUT2D eigenvalue weighted by atomic mass is 32.2. The molecule has 2 N–H and O–H groups in total. The first-order chi connectivity index (χ1) is 9.11. The first kappa shape index (κ1) is 17.1. The third-order valence-electron chi connectivity index (χ3n) is 3.06. The van der Waals surface area contributed by atoms with E-state index < -0.39 is 17.7 Å². The monoisotopic (exact) mass is 302 g/mol. The van der Waals surface area contributed by atoms with E-state index in [1.807, 2.05) is 11.8 Å². The molecular weight excluding hydrogens is 276 g/mol. The quantitative estimate of drug-likeness (QED) is 0.836. The first-order valence-electron chi connectivity index (χ1n) is 7.02. The Hall–Kier alpha value is -0.910. The van der Waals surface area contributed by atoms with Gasteiger partial charge in [-0.25, -0.2) is 4.79 Å². The number of thioether (sulfide) groups is 1. The number of amides is 2. The standard InChI is InChI=1S/C14H26N2O3S/c1-10(16-12(18)19-13(2,3)4)11(17)15-9-14(5)7-6-8-20-14/h10H,6-9H2,1-5H3,(H,15,17)(H,16,18).